The van der Waals surface area contributed by atoms with Crippen molar-refractivity contribution >= 4 is 82.0 Å². The van der Waals surface area contributed by atoms with E-state index in [0.29, 0.717) is 5.75 Å². The summed E-state index contributed by atoms with van der Waals surface area (Å²) in [5, 5.41) is 33.2. The number of hydrogen-bond acceptors (Lipinski definition) is 15. The lowest BCUT2D eigenvalue weighted by atomic mass is 9.97. The van der Waals surface area contributed by atoms with Crippen molar-refractivity contribution in [3.8, 4) is 11.5 Å². The molecule has 5 amide bonds. The average Bonchev–Trinajstić information content (AvgIpc) is 3.40. The summed E-state index contributed by atoms with van der Waals surface area (Å²) in [5.74, 6) is -6.92. The second-order valence-electron chi connectivity index (χ2n) is 8.67. The fourth-order valence-corrected chi connectivity index (χ4v) is 5.56. The van der Waals surface area contributed by atoms with Gasteiger partial charge in [-0.2, -0.15) is 0 Å². The number of nitrogens with two attached hydrogens (primary N) is 2. The fourth-order valence-electron chi connectivity index (χ4n) is 3.77. The number of carbonyl (C=O) groups excluding carboxylic acids is 5. The van der Waals surface area contributed by atoms with Gasteiger partial charge in [0.2, 0.25) is 5.91 Å². The number of amides is 5. The minimum absolute atomic E-state index is 0. The van der Waals surface area contributed by atoms with E-state index >= 15 is 0 Å². The first-order valence-corrected chi connectivity index (χ1v) is 14.0. The van der Waals surface area contributed by atoms with Crippen molar-refractivity contribution in [1.29, 1.82) is 0 Å². The highest BCUT2D eigenvalue weighted by Gasteiger charge is 2.52. The van der Waals surface area contributed by atoms with Gasteiger partial charge in [-0.1, -0.05) is 5.16 Å². The van der Waals surface area contributed by atoms with Crippen LogP contribution in [-0.2, 0) is 28.8 Å². The molecule has 1 unspecified atom stereocenters. The average molecular weight is 687 g/mol. The number of aliphatic carboxylic acids is 1. The van der Waals surface area contributed by atoms with Crippen molar-refractivity contribution < 1.29 is 53.7 Å². The van der Waals surface area contributed by atoms with E-state index in [1.807, 2.05) is 10.9 Å². The fraction of sp³-hybridized carbons (Fsp3) is 0.217. The van der Waals surface area contributed by atoms with E-state index in [1.54, 1.807) is 0 Å². The molecule has 0 radical (unpaired) electrons. The quantitative estimate of drug-likeness (QED) is 0.0727. The normalized spacial score (nSPS) is 17.0. The number of nitrogens with one attached hydrogen (secondary N) is 2. The number of nitrogen functional groups attached to an aromatic ring is 1. The van der Waals surface area contributed by atoms with Crippen LogP contribution in [-0.4, -0.2) is 96.1 Å². The Bertz CT molecular complexity index is 1600. The van der Waals surface area contributed by atoms with Gasteiger partial charge in [-0.3, -0.25) is 24.1 Å². The Kier molecular flexibility index (Phi) is 11.0. The number of carboxylic acid groups (broad SMARTS) is 1. The molecule has 0 bridgehead atoms. The van der Waals surface area contributed by atoms with Crippen LogP contribution in [0.5, 0.6) is 11.5 Å². The second-order valence-corrected chi connectivity index (χ2v) is 10.7. The topological polar surface area (TPSA) is 289 Å². The number of oxime groups is 1. The number of hydrogen-bond donors (Lipinski definition) is 7. The minimum Gasteiger partial charge on any atom is -0.504 e. The van der Waals surface area contributed by atoms with E-state index < -0.39 is 77.4 Å². The molecule has 0 spiro atoms. The number of rotatable bonds is 9. The number of aromatic hydroxyl groups is 2. The predicted octanol–water partition coefficient (Wildman–Crippen LogP) is -0.921. The van der Waals surface area contributed by atoms with Crippen LogP contribution in [0.4, 0.5) is 9.93 Å². The maximum atomic E-state index is 13.1. The molecule has 19 nitrogen and oxygen atoms in total. The van der Waals surface area contributed by atoms with Gasteiger partial charge >= 0.3 is 12.1 Å². The van der Waals surface area contributed by atoms with Crippen LogP contribution in [0.15, 0.2) is 40.5 Å². The minimum atomic E-state index is -1.31. The summed E-state index contributed by atoms with van der Waals surface area (Å²) in [6.07, 6.45) is 0.0793. The number of β-lactam (4-membered cyclic amide) rings is 1. The molecule has 9 N–H and O–H groups in total. The molecular formula is C23H23ClN8O11S2. The lowest BCUT2D eigenvalue weighted by Crippen LogP contribution is -2.62. The molecule has 0 aliphatic carbocycles. The highest BCUT2D eigenvalue weighted by Crippen LogP contribution is 2.41. The van der Waals surface area contributed by atoms with E-state index in [-0.39, 0.29) is 39.6 Å². The molecule has 2 aromatic rings. The standard InChI is InChI=1S/C23H22N8O11S2.ClH/c24-17(35)16(11-8-44-22(25)26-11)29-42-7-15(34)27-31(18(36)9-1-2-13(32)14(33)5-9)28-23(40)41-6-10-19(37)30-12(21(38)39)3-4-43-20(10)30;/h1-3,5,8,10,20,32-33H,4,6-7H2,(H2,24,35)(H2,25,26)(H,27,34)(H,28,40)(H,38,39);1H/t10?,20-;/m0./s1. The number of benzene rings is 1. The van der Waals surface area contributed by atoms with Crippen molar-refractivity contribution in [2.75, 3.05) is 24.7 Å². The first-order valence-electron chi connectivity index (χ1n) is 12.1. The molecular weight excluding hydrogens is 664 g/mol. The number of nitrogens with zero attached hydrogens (tertiary/aromatic N) is 4. The summed E-state index contributed by atoms with van der Waals surface area (Å²) in [6, 6.07) is 2.89. The number of phenolic OH excluding ortho intramolecular Hbond substituents is 2. The number of aromatic nitrogens is 1. The van der Waals surface area contributed by atoms with E-state index in [1.165, 1.54) is 23.2 Å². The molecule has 1 saturated heterocycles. The Morgan fingerprint density at radius 2 is 1.91 bits per heavy atom. The third-order valence-electron chi connectivity index (χ3n) is 5.78. The number of thioether (sulfide) groups is 1. The number of halogens is 1. The summed E-state index contributed by atoms with van der Waals surface area (Å²) >= 11 is 2.25. The van der Waals surface area contributed by atoms with Crippen molar-refractivity contribution in [3.63, 3.8) is 0 Å². The molecule has 3 heterocycles. The summed E-state index contributed by atoms with van der Waals surface area (Å²) in [7, 11) is 0. The van der Waals surface area contributed by atoms with Crippen molar-refractivity contribution in [3.05, 3.63) is 46.6 Å². The van der Waals surface area contributed by atoms with Crippen LogP contribution >= 0.6 is 35.5 Å². The van der Waals surface area contributed by atoms with Gasteiger partial charge in [-0.05, 0) is 24.3 Å². The van der Waals surface area contributed by atoms with Gasteiger partial charge in [-0.15, -0.1) is 40.6 Å². The third kappa shape index (κ3) is 7.82. The van der Waals surface area contributed by atoms with Crippen LogP contribution in [0.25, 0.3) is 0 Å². The number of carbonyl (C=O) groups is 6. The van der Waals surface area contributed by atoms with Crippen LogP contribution in [0.3, 0.4) is 0 Å². The van der Waals surface area contributed by atoms with Gasteiger partial charge in [0.1, 0.15) is 23.9 Å². The molecule has 1 fully saturated rings. The smallest absolute Gasteiger partial charge is 0.427 e. The number of primary amides is 1. The van der Waals surface area contributed by atoms with E-state index in [9.17, 15) is 44.1 Å². The molecule has 1 aromatic carbocycles. The second kappa shape index (κ2) is 14.5. The highest BCUT2D eigenvalue weighted by atomic mass is 35.5. The summed E-state index contributed by atoms with van der Waals surface area (Å²) < 4.78 is 5.06. The number of phenols is 2. The summed E-state index contributed by atoms with van der Waals surface area (Å²) in [5.41, 5.74) is 13.8. The highest BCUT2D eigenvalue weighted by molar-refractivity contribution is 8.00. The molecule has 2 aliphatic heterocycles. The van der Waals surface area contributed by atoms with Crippen LogP contribution in [0.2, 0.25) is 0 Å². The van der Waals surface area contributed by atoms with Gasteiger partial charge < -0.3 is 36.4 Å². The first kappa shape index (κ1) is 34.2. The number of carboxylic acids is 1. The number of ether oxygens (including phenoxy) is 1. The number of thiazole rings is 1. The predicted molar refractivity (Wildman–Crippen MR) is 156 cm³/mol. The zero-order chi connectivity index (χ0) is 32.1. The molecule has 2 aliphatic rings. The van der Waals surface area contributed by atoms with Crippen molar-refractivity contribution in [2.24, 2.45) is 16.8 Å². The number of anilines is 1. The van der Waals surface area contributed by atoms with Crippen LogP contribution < -0.4 is 22.3 Å². The largest absolute Gasteiger partial charge is 0.504 e. The number of fused-ring (bicyclic) bond motifs is 1. The summed E-state index contributed by atoms with van der Waals surface area (Å²) in [4.78, 5) is 83.5. The van der Waals surface area contributed by atoms with E-state index in [0.717, 1.165) is 34.4 Å². The van der Waals surface area contributed by atoms with Gasteiger partial charge in [0, 0.05) is 16.7 Å². The number of hydrazine groups is 2. The summed E-state index contributed by atoms with van der Waals surface area (Å²) in [6.45, 7) is -1.40. The van der Waals surface area contributed by atoms with E-state index in [4.69, 9.17) is 21.0 Å². The monoisotopic (exact) mass is 686 g/mol. The van der Waals surface area contributed by atoms with Crippen molar-refractivity contribution in [1.82, 2.24) is 25.9 Å². The Morgan fingerprint density at radius 1 is 1.18 bits per heavy atom. The molecule has 240 valence electrons. The SMILES string of the molecule is Cl.NC(=O)C(=NOCC(=O)NN(NC(=O)OCC1C(=O)N2C(C(=O)O)=CCS[C@@H]12)C(=O)c1ccc(O)c(O)c1)c1csc(N)n1. The molecule has 2 atom stereocenters. The molecule has 0 saturated carbocycles. The van der Waals surface area contributed by atoms with E-state index in [2.05, 4.69) is 10.1 Å². The molecule has 4 rings (SSSR count). The molecule has 45 heavy (non-hydrogen) atoms. The van der Waals surface area contributed by atoms with Crippen molar-refractivity contribution in [2.45, 2.75) is 5.37 Å². The molecule has 22 heteroatoms. The zero-order valence-electron chi connectivity index (χ0n) is 22.4. The first-order chi connectivity index (χ1) is 20.9. The maximum absolute atomic E-state index is 13.1. The van der Waals surface area contributed by atoms with Gasteiger partial charge in [0.25, 0.3) is 17.7 Å². The van der Waals surface area contributed by atoms with Crippen LogP contribution in [0, 0.1) is 5.92 Å². The molecule has 1 aromatic heterocycles. The Hall–Kier alpha value is -5.28. The van der Waals surface area contributed by atoms with Crippen LogP contribution in [0.1, 0.15) is 16.1 Å². The maximum Gasteiger partial charge on any atom is 0.427 e. The van der Waals surface area contributed by atoms with Gasteiger partial charge in [0.05, 0.1) is 5.37 Å². The Morgan fingerprint density at radius 3 is 2.53 bits per heavy atom. The Labute approximate surface area is 266 Å². The third-order valence-corrected chi connectivity index (χ3v) is 7.70. The Balaban J connectivity index is 0.00000552. The lowest BCUT2D eigenvalue weighted by Gasteiger charge is -2.47. The van der Waals surface area contributed by atoms with Gasteiger partial charge in [0.15, 0.2) is 28.9 Å². The zero-order valence-corrected chi connectivity index (χ0v) is 24.9. The van der Waals surface area contributed by atoms with Gasteiger partial charge in [-0.25, -0.2) is 25.4 Å². The lowest BCUT2D eigenvalue weighted by molar-refractivity contribution is -0.154.